The Morgan fingerprint density at radius 2 is 2.00 bits per heavy atom. The van der Waals surface area contributed by atoms with Gasteiger partial charge in [-0.2, -0.15) is 11.8 Å². The number of rotatable bonds is 8. The lowest BCUT2D eigenvalue weighted by molar-refractivity contribution is -0.124. The minimum absolute atomic E-state index is 0.197. The molecule has 0 bridgehead atoms. The van der Waals surface area contributed by atoms with E-state index in [1.54, 1.807) is 29.2 Å². The van der Waals surface area contributed by atoms with E-state index in [-0.39, 0.29) is 18.2 Å². The first-order valence-electron chi connectivity index (χ1n) is 8.12. The SMILES string of the molecule is O=C(COC(=O)c1ccc2ccccc2n1)NCCSCc1cccs1. The van der Waals surface area contributed by atoms with Crippen LogP contribution in [-0.2, 0) is 15.3 Å². The summed E-state index contributed by atoms with van der Waals surface area (Å²) in [7, 11) is 0. The van der Waals surface area contributed by atoms with E-state index >= 15 is 0 Å². The molecule has 0 radical (unpaired) electrons. The van der Waals surface area contributed by atoms with Crippen molar-refractivity contribution in [3.63, 3.8) is 0 Å². The van der Waals surface area contributed by atoms with Crippen molar-refractivity contribution in [3.05, 3.63) is 64.5 Å². The Morgan fingerprint density at radius 3 is 2.85 bits per heavy atom. The van der Waals surface area contributed by atoms with Gasteiger partial charge in [0, 0.05) is 28.3 Å². The maximum Gasteiger partial charge on any atom is 0.357 e. The summed E-state index contributed by atoms with van der Waals surface area (Å²) in [6.07, 6.45) is 0. The number of pyridine rings is 1. The van der Waals surface area contributed by atoms with Gasteiger partial charge >= 0.3 is 5.97 Å². The first-order chi connectivity index (χ1) is 12.7. The Hall–Kier alpha value is -2.38. The van der Waals surface area contributed by atoms with Gasteiger partial charge in [0.2, 0.25) is 0 Å². The van der Waals surface area contributed by atoms with Crippen LogP contribution >= 0.6 is 23.1 Å². The van der Waals surface area contributed by atoms with Gasteiger partial charge in [0.1, 0.15) is 5.69 Å². The van der Waals surface area contributed by atoms with Crippen molar-refractivity contribution >= 4 is 45.9 Å². The molecular weight excluding hydrogens is 368 g/mol. The number of esters is 1. The highest BCUT2D eigenvalue weighted by molar-refractivity contribution is 7.98. The van der Waals surface area contributed by atoms with E-state index in [2.05, 4.69) is 21.7 Å². The molecule has 5 nitrogen and oxygen atoms in total. The summed E-state index contributed by atoms with van der Waals surface area (Å²) in [6.45, 7) is 0.240. The molecule has 0 spiro atoms. The Balaban J connectivity index is 1.37. The molecule has 0 aliphatic rings. The second-order valence-electron chi connectivity index (χ2n) is 5.45. The number of amides is 1. The third-order valence-electron chi connectivity index (χ3n) is 3.53. The maximum absolute atomic E-state index is 12.0. The fourth-order valence-electron chi connectivity index (χ4n) is 2.27. The van der Waals surface area contributed by atoms with Gasteiger partial charge in [-0.3, -0.25) is 4.79 Å². The van der Waals surface area contributed by atoms with Crippen LogP contribution in [0.25, 0.3) is 10.9 Å². The lowest BCUT2D eigenvalue weighted by atomic mass is 10.2. The molecule has 0 aliphatic heterocycles. The van der Waals surface area contributed by atoms with Crippen molar-refractivity contribution in [3.8, 4) is 0 Å². The highest BCUT2D eigenvalue weighted by atomic mass is 32.2. The molecule has 0 saturated heterocycles. The summed E-state index contributed by atoms with van der Waals surface area (Å²) in [4.78, 5) is 29.4. The third kappa shape index (κ3) is 5.31. The van der Waals surface area contributed by atoms with E-state index in [4.69, 9.17) is 4.74 Å². The number of hydrogen-bond donors (Lipinski definition) is 1. The van der Waals surface area contributed by atoms with E-state index in [9.17, 15) is 9.59 Å². The van der Waals surface area contributed by atoms with Crippen LogP contribution in [0.1, 0.15) is 15.4 Å². The quantitative estimate of drug-likeness (QED) is 0.474. The lowest BCUT2D eigenvalue weighted by Crippen LogP contribution is -2.30. The van der Waals surface area contributed by atoms with Crippen LogP contribution in [0.5, 0.6) is 0 Å². The molecule has 3 rings (SSSR count). The number of thioether (sulfide) groups is 1. The van der Waals surface area contributed by atoms with Crippen molar-refractivity contribution in [2.75, 3.05) is 18.9 Å². The molecule has 0 saturated carbocycles. The Labute approximate surface area is 159 Å². The smallest absolute Gasteiger partial charge is 0.357 e. The molecule has 1 N–H and O–H groups in total. The molecule has 134 valence electrons. The molecule has 0 atom stereocenters. The van der Waals surface area contributed by atoms with Gasteiger partial charge in [0.05, 0.1) is 5.52 Å². The van der Waals surface area contributed by atoms with E-state index in [0.717, 1.165) is 16.9 Å². The standard InChI is InChI=1S/C19H18N2O3S2/c22-18(20-9-11-25-13-15-5-3-10-26-15)12-24-19(23)17-8-7-14-4-1-2-6-16(14)21-17/h1-8,10H,9,11-13H2,(H,20,22). The predicted molar refractivity (Wildman–Crippen MR) is 106 cm³/mol. The number of nitrogens with zero attached hydrogens (tertiary/aromatic N) is 1. The number of para-hydroxylation sites is 1. The van der Waals surface area contributed by atoms with Crippen LogP contribution in [0.2, 0.25) is 0 Å². The van der Waals surface area contributed by atoms with Crippen LogP contribution in [-0.4, -0.2) is 35.8 Å². The summed E-state index contributed by atoms with van der Waals surface area (Å²) >= 11 is 3.48. The van der Waals surface area contributed by atoms with Gasteiger partial charge in [-0.1, -0.05) is 30.3 Å². The largest absolute Gasteiger partial charge is 0.451 e. The molecule has 0 unspecified atom stereocenters. The number of thiophene rings is 1. The fourth-order valence-corrected chi connectivity index (χ4v) is 3.97. The van der Waals surface area contributed by atoms with Gasteiger partial charge in [-0.15, -0.1) is 11.3 Å². The monoisotopic (exact) mass is 386 g/mol. The highest BCUT2D eigenvalue weighted by Crippen LogP contribution is 2.16. The van der Waals surface area contributed by atoms with E-state index in [0.29, 0.717) is 12.1 Å². The van der Waals surface area contributed by atoms with Crippen molar-refractivity contribution in [1.82, 2.24) is 10.3 Å². The molecule has 1 amide bonds. The molecule has 7 heteroatoms. The molecule has 2 aromatic heterocycles. The average Bonchev–Trinajstić information content (AvgIpc) is 3.19. The van der Waals surface area contributed by atoms with Crippen molar-refractivity contribution in [2.24, 2.45) is 0 Å². The number of nitrogens with one attached hydrogen (secondary N) is 1. The fraction of sp³-hybridized carbons (Fsp3) is 0.211. The molecule has 26 heavy (non-hydrogen) atoms. The van der Waals surface area contributed by atoms with Crippen molar-refractivity contribution < 1.29 is 14.3 Å². The number of carbonyl (C=O) groups is 2. The van der Waals surface area contributed by atoms with Gasteiger partial charge in [0.25, 0.3) is 5.91 Å². The van der Waals surface area contributed by atoms with E-state index in [1.165, 1.54) is 4.88 Å². The summed E-state index contributed by atoms with van der Waals surface area (Å²) in [6, 6.07) is 15.0. The second-order valence-corrected chi connectivity index (χ2v) is 7.58. The topological polar surface area (TPSA) is 68.3 Å². The first kappa shape index (κ1) is 18.4. The zero-order valence-corrected chi connectivity index (χ0v) is 15.6. The van der Waals surface area contributed by atoms with E-state index in [1.807, 2.05) is 36.4 Å². The van der Waals surface area contributed by atoms with Gasteiger partial charge < -0.3 is 10.1 Å². The zero-order valence-electron chi connectivity index (χ0n) is 14.0. The molecule has 0 fully saturated rings. The summed E-state index contributed by atoms with van der Waals surface area (Å²) in [5.41, 5.74) is 0.914. The number of hydrogen-bond acceptors (Lipinski definition) is 6. The van der Waals surface area contributed by atoms with Gasteiger partial charge in [-0.25, -0.2) is 9.78 Å². The number of benzene rings is 1. The lowest BCUT2D eigenvalue weighted by Gasteiger charge is -2.06. The second kappa shape index (κ2) is 9.35. The number of fused-ring (bicyclic) bond motifs is 1. The Kier molecular flexibility index (Phi) is 6.62. The minimum atomic E-state index is -0.599. The summed E-state index contributed by atoms with van der Waals surface area (Å²) in [5, 5.41) is 5.74. The molecule has 2 heterocycles. The van der Waals surface area contributed by atoms with Crippen LogP contribution in [0.4, 0.5) is 0 Å². The average molecular weight is 386 g/mol. The van der Waals surface area contributed by atoms with Gasteiger partial charge in [0.15, 0.2) is 6.61 Å². The van der Waals surface area contributed by atoms with Crippen LogP contribution in [0.3, 0.4) is 0 Å². The molecule has 0 aliphatic carbocycles. The Morgan fingerprint density at radius 1 is 1.12 bits per heavy atom. The van der Waals surface area contributed by atoms with Crippen LogP contribution in [0, 0.1) is 0 Å². The van der Waals surface area contributed by atoms with E-state index < -0.39 is 5.97 Å². The predicted octanol–water partition coefficient (Wildman–Crippen LogP) is 3.50. The molecular formula is C19H18N2O3S2. The highest BCUT2D eigenvalue weighted by Gasteiger charge is 2.12. The number of ether oxygens (including phenoxy) is 1. The third-order valence-corrected chi connectivity index (χ3v) is 5.60. The minimum Gasteiger partial charge on any atom is -0.451 e. The van der Waals surface area contributed by atoms with Crippen molar-refractivity contribution in [2.45, 2.75) is 5.75 Å². The Bertz CT molecular complexity index is 881. The first-order valence-corrected chi connectivity index (χ1v) is 10.2. The number of aromatic nitrogens is 1. The normalized spacial score (nSPS) is 10.6. The number of carbonyl (C=O) groups excluding carboxylic acids is 2. The zero-order chi connectivity index (χ0) is 18.2. The van der Waals surface area contributed by atoms with Gasteiger partial charge in [-0.05, 0) is 23.6 Å². The summed E-state index contributed by atoms with van der Waals surface area (Å²) < 4.78 is 5.04. The summed E-state index contributed by atoms with van der Waals surface area (Å²) in [5.74, 6) is 0.841. The van der Waals surface area contributed by atoms with Crippen LogP contribution < -0.4 is 5.32 Å². The maximum atomic E-state index is 12.0. The van der Waals surface area contributed by atoms with Crippen molar-refractivity contribution in [1.29, 1.82) is 0 Å². The molecule has 1 aromatic carbocycles. The molecule has 3 aromatic rings. The van der Waals surface area contributed by atoms with Crippen LogP contribution in [0.15, 0.2) is 53.9 Å².